The van der Waals surface area contributed by atoms with Gasteiger partial charge in [0.1, 0.15) is 11.5 Å². The number of carbonyl (C=O) groups is 1. The topological polar surface area (TPSA) is 77.8 Å². The summed E-state index contributed by atoms with van der Waals surface area (Å²) in [5.74, 6) is -0.768. The number of benzene rings is 1. The molecule has 24 heavy (non-hydrogen) atoms. The molecule has 0 spiro atoms. The Labute approximate surface area is 145 Å². The molecule has 0 aromatic heterocycles. The lowest BCUT2D eigenvalue weighted by molar-refractivity contribution is -0.142. The lowest BCUT2D eigenvalue weighted by atomic mass is 9.77. The van der Waals surface area contributed by atoms with E-state index >= 15 is 0 Å². The highest BCUT2D eigenvalue weighted by Crippen LogP contribution is 2.39. The van der Waals surface area contributed by atoms with E-state index in [0.29, 0.717) is 30.4 Å². The fourth-order valence-electron chi connectivity index (χ4n) is 3.15. The van der Waals surface area contributed by atoms with E-state index in [-0.39, 0.29) is 17.4 Å². The number of phenols is 2. The molecule has 0 aliphatic heterocycles. The third-order valence-electron chi connectivity index (χ3n) is 4.89. The van der Waals surface area contributed by atoms with Gasteiger partial charge in [-0.1, -0.05) is 46.5 Å². The van der Waals surface area contributed by atoms with E-state index in [1.807, 2.05) is 13.8 Å². The van der Waals surface area contributed by atoms with Gasteiger partial charge in [-0.2, -0.15) is 0 Å². The molecule has 4 heteroatoms. The zero-order valence-corrected chi connectivity index (χ0v) is 15.4. The summed E-state index contributed by atoms with van der Waals surface area (Å²) in [6, 6.07) is 3.11. The molecule has 0 heterocycles. The van der Waals surface area contributed by atoms with Crippen molar-refractivity contribution in [2.24, 2.45) is 5.92 Å². The Bertz CT molecular complexity index is 549. The van der Waals surface area contributed by atoms with Crippen molar-refractivity contribution in [1.29, 1.82) is 0 Å². The molecule has 0 saturated carbocycles. The largest absolute Gasteiger partial charge is 0.508 e. The first kappa shape index (κ1) is 20.3. The minimum Gasteiger partial charge on any atom is -0.508 e. The molecule has 1 atom stereocenters. The number of carboxylic acids is 1. The van der Waals surface area contributed by atoms with Gasteiger partial charge in [0.25, 0.3) is 0 Å². The lowest BCUT2D eigenvalue weighted by Gasteiger charge is -2.28. The number of aryl methyl sites for hydroxylation is 1. The van der Waals surface area contributed by atoms with Crippen LogP contribution in [0.4, 0.5) is 0 Å². The normalized spacial score (nSPS) is 13.0. The molecular weight excluding hydrogens is 304 g/mol. The molecule has 0 saturated heterocycles. The maximum absolute atomic E-state index is 11.5. The van der Waals surface area contributed by atoms with Crippen molar-refractivity contribution in [2.75, 3.05) is 0 Å². The van der Waals surface area contributed by atoms with Gasteiger partial charge in [0, 0.05) is 5.56 Å². The molecule has 4 nitrogen and oxygen atoms in total. The van der Waals surface area contributed by atoms with Crippen molar-refractivity contribution in [3.63, 3.8) is 0 Å². The van der Waals surface area contributed by atoms with Gasteiger partial charge in [0.2, 0.25) is 0 Å². The Balaban J connectivity index is 2.76. The molecule has 1 unspecified atom stereocenters. The SMILES string of the molecule is CCCCCCC(CCC(C)(C)c1cc(O)cc(C)c1O)C(=O)O. The number of phenolic OH excluding ortho intramolecular Hbond substituents is 2. The van der Waals surface area contributed by atoms with E-state index in [1.54, 1.807) is 13.0 Å². The highest BCUT2D eigenvalue weighted by molar-refractivity contribution is 5.69. The van der Waals surface area contributed by atoms with Gasteiger partial charge in [0.05, 0.1) is 5.92 Å². The van der Waals surface area contributed by atoms with Gasteiger partial charge >= 0.3 is 5.97 Å². The van der Waals surface area contributed by atoms with Crippen molar-refractivity contribution in [1.82, 2.24) is 0 Å². The molecule has 0 fully saturated rings. The molecule has 0 aliphatic rings. The van der Waals surface area contributed by atoms with Crippen molar-refractivity contribution < 1.29 is 20.1 Å². The molecule has 1 aromatic carbocycles. The van der Waals surface area contributed by atoms with Crippen LogP contribution in [0.3, 0.4) is 0 Å². The summed E-state index contributed by atoms with van der Waals surface area (Å²) >= 11 is 0. The summed E-state index contributed by atoms with van der Waals surface area (Å²) in [5, 5.41) is 29.6. The summed E-state index contributed by atoms with van der Waals surface area (Å²) < 4.78 is 0. The average molecular weight is 336 g/mol. The van der Waals surface area contributed by atoms with Crippen molar-refractivity contribution in [3.8, 4) is 11.5 Å². The van der Waals surface area contributed by atoms with Crippen LogP contribution in [0.1, 0.15) is 76.8 Å². The van der Waals surface area contributed by atoms with E-state index in [1.165, 1.54) is 6.07 Å². The Morgan fingerprint density at radius 3 is 2.38 bits per heavy atom. The smallest absolute Gasteiger partial charge is 0.306 e. The average Bonchev–Trinajstić information content (AvgIpc) is 2.49. The van der Waals surface area contributed by atoms with Gasteiger partial charge in [-0.25, -0.2) is 0 Å². The zero-order valence-electron chi connectivity index (χ0n) is 15.4. The molecule has 3 N–H and O–H groups in total. The van der Waals surface area contributed by atoms with E-state index in [4.69, 9.17) is 0 Å². The molecule has 136 valence electrons. The van der Waals surface area contributed by atoms with E-state index in [0.717, 1.165) is 25.7 Å². The summed E-state index contributed by atoms with van der Waals surface area (Å²) in [4.78, 5) is 11.5. The molecule has 1 rings (SSSR count). The number of carboxylic acid groups (broad SMARTS) is 1. The van der Waals surface area contributed by atoms with E-state index < -0.39 is 11.4 Å². The lowest BCUT2D eigenvalue weighted by Crippen LogP contribution is -2.22. The predicted octanol–water partition coefficient (Wildman–Crippen LogP) is 5.14. The molecule has 0 radical (unpaired) electrons. The first-order chi connectivity index (χ1) is 11.2. The summed E-state index contributed by atoms with van der Waals surface area (Å²) in [6.07, 6.45) is 6.24. The third kappa shape index (κ3) is 5.73. The minimum absolute atomic E-state index is 0.128. The second-order valence-corrected chi connectivity index (χ2v) is 7.47. The fourth-order valence-corrected chi connectivity index (χ4v) is 3.15. The van der Waals surface area contributed by atoms with Crippen LogP contribution in [0.5, 0.6) is 11.5 Å². The fraction of sp³-hybridized carbons (Fsp3) is 0.650. The molecular formula is C20H32O4. The third-order valence-corrected chi connectivity index (χ3v) is 4.89. The van der Waals surface area contributed by atoms with Gasteiger partial charge in [-0.15, -0.1) is 0 Å². The molecule has 1 aromatic rings. The van der Waals surface area contributed by atoms with Gasteiger partial charge < -0.3 is 15.3 Å². The van der Waals surface area contributed by atoms with Crippen LogP contribution in [-0.4, -0.2) is 21.3 Å². The van der Waals surface area contributed by atoms with Crippen LogP contribution in [0.2, 0.25) is 0 Å². The van der Waals surface area contributed by atoms with Crippen LogP contribution in [0, 0.1) is 12.8 Å². The zero-order chi connectivity index (χ0) is 18.3. The summed E-state index contributed by atoms with van der Waals surface area (Å²) in [5.41, 5.74) is 0.910. The first-order valence-electron chi connectivity index (χ1n) is 8.95. The standard InChI is InChI=1S/C20H32O4/c1-5-6-7-8-9-15(19(23)24)10-11-20(3,4)17-13-16(21)12-14(2)18(17)22/h12-13,15,21-22H,5-11H2,1-4H3,(H,23,24). The minimum atomic E-state index is -0.737. The predicted molar refractivity (Wildman–Crippen MR) is 96.7 cm³/mol. The Morgan fingerprint density at radius 1 is 1.12 bits per heavy atom. The number of hydrogen-bond acceptors (Lipinski definition) is 3. The highest BCUT2D eigenvalue weighted by Gasteiger charge is 2.28. The van der Waals surface area contributed by atoms with E-state index in [9.17, 15) is 20.1 Å². The van der Waals surface area contributed by atoms with Crippen molar-refractivity contribution in [3.05, 3.63) is 23.3 Å². The van der Waals surface area contributed by atoms with Crippen LogP contribution in [-0.2, 0) is 10.2 Å². The first-order valence-corrected chi connectivity index (χ1v) is 8.95. The molecule has 0 bridgehead atoms. The number of aromatic hydroxyl groups is 2. The second-order valence-electron chi connectivity index (χ2n) is 7.47. The Morgan fingerprint density at radius 2 is 1.79 bits per heavy atom. The van der Waals surface area contributed by atoms with Crippen LogP contribution < -0.4 is 0 Å². The maximum Gasteiger partial charge on any atom is 0.306 e. The van der Waals surface area contributed by atoms with E-state index in [2.05, 4.69) is 6.92 Å². The number of hydrogen-bond donors (Lipinski definition) is 3. The Hall–Kier alpha value is -1.71. The number of rotatable bonds is 10. The van der Waals surface area contributed by atoms with Crippen LogP contribution >= 0.6 is 0 Å². The van der Waals surface area contributed by atoms with Crippen LogP contribution in [0.15, 0.2) is 12.1 Å². The maximum atomic E-state index is 11.5. The van der Waals surface area contributed by atoms with Crippen molar-refractivity contribution in [2.45, 2.75) is 78.1 Å². The van der Waals surface area contributed by atoms with Gasteiger partial charge in [-0.3, -0.25) is 4.79 Å². The van der Waals surface area contributed by atoms with Crippen LogP contribution in [0.25, 0.3) is 0 Å². The monoisotopic (exact) mass is 336 g/mol. The Kier molecular flexibility index (Phi) is 7.59. The van der Waals surface area contributed by atoms with Gasteiger partial charge in [0.15, 0.2) is 0 Å². The summed E-state index contributed by atoms with van der Waals surface area (Å²) in [7, 11) is 0. The molecule has 0 aliphatic carbocycles. The van der Waals surface area contributed by atoms with Gasteiger partial charge in [-0.05, 0) is 49.3 Å². The molecule has 0 amide bonds. The van der Waals surface area contributed by atoms with Crippen molar-refractivity contribution >= 4 is 5.97 Å². The number of unbranched alkanes of at least 4 members (excludes halogenated alkanes) is 3. The second kappa shape index (κ2) is 8.95. The quantitative estimate of drug-likeness (QED) is 0.408. The number of aliphatic carboxylic acids is 1. The summed E-state index contributed by atoms with van der Waals surface area (Å²) in [6.45, 7) is 7.86. The highest BCUT2D eigenvalue weighted by atomic mass is 16.4.